The maximum absolute atomic E-state index is 12.1. The molecular weight excluding hydrogens is 266 g/mol. The number of rotatable bonds is 6. The van der Waals surface area contributed by atoms with Crippen molar-refractivity contribution in [2.75, 3.05) is 6.61 Å². The third-order valence-corrected chi connectivity index (χ3v) is 3.49. The van der Waals surface area contributed by atoms with Gasteiger partial charge in [-0.25, -0.2) is 4.79 Å². The Balaban J connectivity index is 2.13. The van der Waals surface area contributed by atoms with Crippen LogP contribution in [0.5, 0.6) is 0 Å². The van der Waals surface area contributed by atoms with E-state index in [4.69, 9.17) is 4.74 Å². The number of carbonyl (C=O) groups excluding carboxylic acids is 1. The quantitative estimate of drug-likeness (QED) is 0.827. The second-order valence-corrected chi connectivity index (χ2v) is 4.86. The number of hydrogen-bond donors (Lipinski definition) is 1. The third kappa shape index (κ3) is 3.70. The van der Waals surface area contributed by atoms with Gasteiger partial charge in [0.1, 0.15) is 6.04 Å². The van der Waals surface area contributed by atoms with Crippen molar-refractivity contribution in [2.45, 2.75) is 26.4 Å². The second kappa shape index (κ2) is 7.04. The van der Waals surface area contributed by atoms with Gasteiger partial charge in [0.05, 0.1) is 12.8 Å². The normalized spacial score (nSPS) is 12.1. The van der Waals surface area contributed by atoms with Crippen molar-refractivity contribution in [1.82, 2.24) is 15.1 Å². The van der Waals surface area contributed by atoms with E-state index in [1.165, 1.54) is 0 Å². The molecule has 5 nitrogen and oxygen atoms in total. The van der Waals surface area contributed by atoms with Crippen molar-refractivity contribution in [3.63, 3.8) is 0 Å². The summed E-state index contributed by atoms with van der Waals surface area (Å²) >= 11 is 0. The van der Waals surface area contributed by atoms with Gasteiger partial charge in [0.2, 0.25) is 0 Å². The van der Waals surface area contributed by atoms with E-state index in [-0.39, 0.29) is 5.97 Å². The van der Waals surface area contributed by atoms with Crippen LogP contribution in [0.25, 0.3) is 0 Å². The predicted octanol–water partition coefficient (Wildman–Crippen LogP) is 2.12. The molecule has 0 aliphatic heterocycles. The van der Waals surface area contributed by atoms with Gasteiger partial charge < -0.3 is 4.74 Å². The molecular formula is C16H21N3O2. The molecule has 0 aliphatic carbocycles. The summed E-state index contributed by atoms with van der Waals surface area (Å²) < 4.78 is 6.98. The van der Waals surface area contributed by atoms with Gasteiger partial charge in [-0.2, -0.15) is 5.10 Å². The lowest BCUT2D eigenvalue weighted by molar-refractivity contribution is -0.145. The van der Waals surface area contributed by atoms with Crippen molar-refractivity contribution >= 4 is 5.97 Å². The van der Waals surface area contributed by atoms with E-state index in [0.717, 1.165) is 16.8 Å². The van der Waals surface area contributed by atoms with Crippen LogP contribution < -0.4 is 5.32 Å². The van der Waals surface area contributed by atoms with Crippen LogP contribution in [0.15, 0.2) is 36.5 Å². The molecule has 0 spiro atoms. The molecule has 0 aliphatic rings. The highest BCUT2D eigenvalue weighted by Gasteiger charge is 2.21. The van der Waals surface area contributed by atoms with Crippen molar-refractivity contribution in [3.05, 3.63) is 53.3 Å². The lowest BCUT2D eigenvalue weighted by atomic mass is 10.1. The van der Waals surface area contributed by atoms with Gasteiger partial charge in [-0.3, -0.25) is 10.00 Å². The van der Waals surface area contributed by atoms with Gasteiger partial charge in [0.15, 0.2) is 0 Å². The Morgan fingerprint density at radius 3 is 2.67 bits per heavy atom. The molecule has 0 radical (unpaired) electrons. The number of nitrogens with one attached hydrogen (secondary N) is 1. The number of hydrogen-bond acceptors (Lipinski definition) is 4. The molecule has 21 heavy (non-hydrogen) atoms. The molecule has 1 heterocycles. The highest BCUT2D eigenvalue weighted by molar-refractivity contribution is 5.77. The van der Waals surface area contributed by atoms with Gasteiger partial charge >= 0.3 is 5.97 Å². The van der Waals surface area contributed by atoms with Gasteiger partial charge in [-0.05, 0) is 19.4 Å². The minimum absolute atomic E-state index is 0.259. The number of carbonyl (C=O) groups is 1. The first kappa shape index (κ1) is 15.3. The molecule has 5 heteroatoms. The Morgan fingerprint density at radius 2 is 2.10 bits per heavy atom. The van der Waals surface area contributed by atoms with E-state index in [1.807, 2.05) is 62.1 Å². The number of aromatic nitrogens is 2. The van der Waals surface area contributed by atoms with Crippen molar-refractivity contribution in [2.24, 2.45) is 7.05 Å². The van der Waals surface area contributed by atoms with Crippen LogP contribution in [0.3, 0.4) is 0 Å². The molecule has 112 valence electrons. The fourth-order valence-corrected chi connectivity index (χ4v) is 2.14. The summed E-state index contributed by atoms with van der Waals surface area (Å²) in [7, 11) is 1.90. The Hall–Kier alpha value is -2.14. The van der Waals surface area contributed by atoms with E-state index in [1.54, 1.807) is 0 Å². The van der Waals surface area contributed by atoms with Crippen LogP contribution >= 0.6 is 0 Å². The van der Waals surface area contributed by atoms with Crippen molar-refractivity contribution < 1.29 is 9.53 Å². The number of nitrogens with zero attached hydrogens (tertiary/aromatic N) is 2. The Kier molecular flexibility index (Phi) is 5.11. The Labute approximate surface area is 124 Å². The summed E-state index contributed by atoms with van der Waals surface area (Å²) in [5, 5.41) is 7.47. The van der Waals surface area contributed by atoms with E-state index in [2.05, 4.69) is 10.4 Å². The summed E-state index contributed by atoms with van der Waals surface area (Å²) in [5.74, 6) is -0.259. The van der Waals surface area contributed by atoms with E-state index < -0.39 is 6.04 Å². The fourth-order valence-electron chi connectivity index (χ4n) is 2.14. The third-order valence-electron chi connectivity index (χ3n) is 3.49. The number of esters is 1. The number of aryl methyl sites for hydroxylation is 1. The first-order valence-electron chi connectivity index (χ1n) is 7.06. The summed E-state index contributed by atoms with van der Waals surface area (Å²) in [6, 6.07) is 9.13. The van der Waals surface area contributed by atoms with Crippen molar-refractivity contribution in [3.8, 4) is 0 Å². The molecule has 1 aromatic carbocycles. The Morgan fingerprint density at radius 1 is 1.38 bits per heavy atom. The fraction of sp³-hybridized carbons (Fsp3) is 0.375. The van der Waals surface area contributed by atoms with Crippen molar-refractivity contribution in [1.29, 1.82) is 0 Å². The largest absolute Gasteiger partial charge is 0.465 e. The van der Waals surface area contributed by atoms with Crippen LogP contribution in [0.1, 0.15) is 29.8 Å². The minimum Gasteiger partial charge on any atom is -0.465 e. The maximum atomic E-state index is 12.1. The number of ether oxygens (including phenoxy) is 1. The lowest BCUT2D eigenvalue weighted by Crippen LogP contribution is -2.30. The minimum atomic E-state index is -0.467. The smallest absolute Gasteiger partial charge is 0.327 e. The zero-order valence-corrected chi connectivity index (χ0v) is 12.7. The molecule has 2 rings (SSSR count). The average molecular weight is 287 g/mol. The summed E-state index contributed by atoms with van der Waals surface area (Å²) in [4.78, 5) is 12.1. The molecule has 0 saturated carbocycles. The summed E-state index contributed by atoms with van der Waals surface area (Å²) in [6.07, 6.45) is 1.82. The molecule has 0 amide bonds. The first-order valence-corrected chi connectivity index (χ1v) is 7.06. The summed E-state index contributed by atoms with van der Waals surface area (Å²) in [5.41, 5.74) is 3.05. The standard InChI is InChI=1S/C16H21N3O2/c1-4-21-16(20)15(13-8-6-5-7-9-13)17-10-14-11-18-19(3)12(14)2/h5-9,11,15,17H,4,10H2,1-3H3. The van der Waals surface area contributed by atoms with E-state index in [9.17, 15) is 4.79 Å². The maximum Gasteiger partial charge on any atom is 0.327 e. The Bertz CT molecular complexity index is 593. The van der Waals surface area contributed by atoms with Gasteiger partial charge in [0, 0.05) is 24.8 Å². The zero-order chi connectivity index (χ0) is 15.2. The molecule has 1 unspecified atom stereocenters. The molecule has 1 atom stereocenters. The van der Waals surface area contributed by atoms with Gasteiger partial charge in [-0.15, -0.1) is 0 Å². The highest BCUT2D eigenvalue weighted by Crippen LogP contribution is 2.16. The van der Waals surface area contributed by atoms with Crippen LogP contribution in [0.2, 0.25) is 0 Å². The predicted molar refractivity (Wildman–Crippen MR) is 80.6 cm³/mol. The molecule has 0 bridgehead atoms. The SMILES string of the molecule is CCOC(=O)C(NCc1cnn(C)c1C)c1ccccc1. The first-order chi connectivity index (χ1) is 10.1. The molecule has 0 saturated heterocycles. The van der Waals surface area contributed by atoms with Crippen LogP contribution in [-0.4, -0.2) is 22.4 Å². The zero-order valence-electron chi connectivity index (χ0n) is 12.7. The van der Waals surface area contributed by atoms with Crippen LogP contribution in [0.4, 0.5) is 0 Å². The average Bonchev–Trinajstić information content (AvgIpc) is 2.81. The lowest BCUT2D eigenvalue weighted by Gasteiger charge is -2.17. The van der Waals surface area contributed by atoms with Gasteiger partial charge in [-0.1, -0.05) is 30.3 Å². The molecule has 1 N–H and O–H groups in total. The topological polar surface area (TPSA) is 56.1 Å². The van der Waals surface area contributed by atoms with E-state index >= 15 is 0 Å². The van der Waals surface area contributed by atoms with Crippen LogP contribution in [-0.2, 0) is 23.1 Å². The molecule has 1 aromatic heterocycles. The second-order valence-electron chi connectivity index (χ2n) is 4.86. The van der Waals surface area contributed by atoms with Crippen LogP contribution in [0, 0.1) is 6.92 Å². The summed E-state index contributed by atoms with van der Waals surface area (Å²) in [6.45, 7) is 4.75. The van der Waals surface area contributed by atoms with Gasteiger partial charge in [0.25, 0.3) is 0 Å². The molecule has 0 fully saturated rings. The molecule has 2 aromatic rings. The highest BCUT2D eigenvalue weighted by atomic mass is 16.5. The monoisotopic (exact) mass is 287 g/mol. The number of benzene rings is 1. The van der Waals surface area contributed by atoms with E-state index in [0.29, 0.717) is 13.2 Å².